The molecule has 0 spiro atoms. The topological polar surface area (TPSA) is 108 Å². The monoisotopic (exact) mass is 583 g/mol. The Bertz CT molecular complexity index is 1840. The lowest BCUT2D eigenvalue weighted by atomic mass is 9.91. The Hall–Kier alpha value is -5.51. The number of anilines is 1. The minimum atomic E-state index is -4.66. The van der Waals surface area contributed by atoms with Crippen LogP contribution in [0.3, 0.4) is 0 Å². The number of nitrogens with one attached hydrogen (secondary N) is 2. The number of pyridine rings is 1. The number of benzene rings is 4. The second-order valence-corrected chi connectivity index (χ2v) is 9.66. The minimum absolute atomic E-state index is 0.114. The Balaban J connectivity index is 1.45. The molecule has 4 aromatic carbocycles. The number of amides is 2. The molecule has 5 aromatic rings. The summed E-state index contributed by atoms with van der Waals surface area (Å²) in [6.07, 6.45) is -3.11. The zero-order valence-electron chi connectivity index (χ0n) is 22.5. The van der Waals surface area contributed by atoms with Crippen LogP contribution < -0.4 is 10.6 Å². The number of carbonyl (C=O) groups excluding carboxylic acids is 2. The van der Waals surface area contributed by atoms with E-state index in [0.29, 0.717) is 23.2 Å². The molecule has 0 aliphatic rings. The fourth-order valence-corrected chi connectivity index (χ4v) is 4.79. The number of carbonyl (C=O) groups is 3. The maximum atomic E-state index is 13.9. The van der Waals surface area contributed by atoms with Crippen molar-refractivity contribution in [1.29, 1.82) is 0 Å². The van der Waals surface area contributed by atoms with Crippen molar-refractivity contribution in [3.8, 4) is 11.1 Å². The number of ketones is 1. The van der Waals surface area contributed by atoms with Gasteiger partial charge in [-0.15, -0.1) is 0 Å². The summed E-state index contributed by atoms with van der Waals surface area (Å²) < 4.78 is 41.6. The third kappa shape index (κ3) is 6.54. The quantitative estimate of drug-likeness (QED) is 0.167. The number of aromatic nitrogens is 1. The highest BCUT2D eigenvalue weighted by atomic mass is 19.4. The molecule has 0 unspecified atom stereocenters. The third-order valence-electron chi connectivity index (χ3n) is 6.77. The largest absolute Gasteiger partial charge is 0.478 e. The van der Waals surface area contributed by atoms with Crippen LogP contribution in [0.4, 0.5) is 23.7 Å². The molecule has 216 valence electrons. The molecule has 0 saturated heterocycles. The van der Waals surface area contributed by atoms with Gasteiger partial charge in [-0.1, -0.05) is 66.7 Å². The van der Waals surface area contributed by atoms with Gasteiger partial charge in [0.05, 0.1) is 16.6 Å². The first-order valence-corrected chi connectivity index (χ1v) is 13.2. The highest BCUT2D eigenvalue weighted by Crippen LogP contribution is 2.39. The normalized spacial score (nSPS) is 11.2. The van der Waals surface area contributed by atoms with Crippen molar-refractivity contribution in [3.63, 3.8) is 0 Å². The van der Waals surface area contributed by atoms with Gasteiger partial charge in [0.25, 0.3) is 0 Å². The summed E-state index contributed by atoms with van der Waals surface area (Å²) in [5.41, 5.74) is 1.14. The molecule has 2 amide bonds. The predicted octanol–water partition coefficient (Wildman–Crippen LogP) is 7.21. The molecule has 3 N–H and O–H groups in total. The van der Waals surface area contributed by atoms with Crippen LogP contribution >= 0.6 is 0 Å². The number of alkyl halides is 3. The van der Waals surface area contributed by atoms with Crippen molar-refractivity contribution in [2.75, 3.05) is 11.9 Å². The molecule has 0 saturated carbocycles. The van der Waals surface area contributed by atoms with E-state index in [2.05, 4.69) is 15.6 Å². The molecule has 10 heteroatoms. The van der Waals surface area contributed by atoms with E-state index < -0.39 is 29.5 Å². The van der Waals surface area contributed by atoms with Crippen molar-refractivity contribution in [1.82, 2.24) is 10.3 Å². The van der Waals surface area contributed by atoms with Gasteiger partial charge in [0.15, 0.2) is 5.78 Å². The summed E-state index contributed by atoms with van der Waals surface area (Å²) in [6, 6.07) is 24.4. The number of urea groups is 1. The van der Waals surface area contributed by atoms with Crippen LogP contribution in [0.15, 0.2) is 103 Å². The van der Waals surface area contributed by atoms with Crippen LogP contribution in [0.25, 0.3) is 22.0 Å². The lowest BCUT2D eigenvalue weighted by Crippen LogP contribution is -2.30. The number of carboxylic acid groups (broad SMARTS) is 1. The van der Waals surface area contributed by atoms with Gasteiger partial charge >= 0.3 is 18.2 Å². The van der Waals surface area contributed by atoms with Crippen molar-refractivity contribution in [2.24, 2.45) is 0 Å². The number of carboxylic acids is 1. The van der Waals surface area contributed by atoms with Gasteiger partial charge in [-0.05, 0) is 47.9 Å². The number of hydrogen-bond acceptors (Lipinski definition) is 4. The van der Waals surface area contributed by atoms with Crippen LogP contribution in [-0.2, 0) is 12.6 Å². The highest BCUT2D eigenvalue weighted by molar-refractivity contribution is 6.17. The van der Waals surface area contributed by atoms with Crippen molar-refractivity contribution >= 4 is 34.4 Å². The zero-order chi connectivity index (χ0) is 30.6. The molecule has 1 heterocycles. The molecule has 0 aliphatic carbocycles. The molecule has 5 rings (SSSR count). The van der Waals surface area contributed by atoms with Gasteiger partial charge in [-0.2, -0.15) is 13.2 Å². The third-order valence-corrected chi connectivity index (χ3v) is 6.77. The van der Waals surface area contributed by atoms with E-state index in [-0.39, 0.29) is 34.1 Å². The molecule has 43 heavy (non-hydrogen) atoms. The molecule has 0 bridgehead atoms. The van der Waals surface area contributed by atoms with Crippen LogP contribution in [0.5, 0.6) is 0 Å². The van der Waals surface area contributed by atoms with Gasteiger partial charge in [0.1, 0.15) is 0 Å². The molecule has 0 atom stereocenters. The van der Waals surface area contributed by atoms with Crippen LogP contribution in [0.1, 0.15) is 37.4 Å². The summed E-state index contributed by atoms with van der Waals surface area (Å²) in [5.74, 6) is -1.46. The number of hydrogen-bond donors (Lipinski definition) is 3. The highest BCUT2D eigenvalue weighted by Gasteiger charge is 2.34. The first-order chi connectivity index (χ1) is 20.6. The van der Waals surface area contributed by atoms with Crippen LogP contribution in [0.2, 0.25) is 0 Å². The van der Waals surface area contributed by atoms with Gasteiger partial charge < -0.3 is 15.7 Å². The fraction of sp³-hybridized carbons (Fsp3) is 0.0909. The molecule has 0 radical (unpaired) electrons. The first kappa shape index (κ1) is 29.0. The Labute approximate surface area is 244 Å². The van der Waals surface area contributed by atoms with Gasteiger partial charge in [-0.3, -0.25) is 9.78 Å². The lowest BCUT2D eigenvalue weighted by molar-refractivity contribution is -0.136. The SMILES string of the molecule is O=C(NCCc1cccc(C(=O)O)c1)Nc1cccc(-c2c(C(=O)c3ccccc3)cnc3c(C(F)(F)F)cccc23)c1. The Morgan fingerprint density at radius 3 is 2.28 bits per heavy atom. The number of halogens is 3. The standard InChI is InChI=1S/C33H24F3N3O4/c34-33(35,36)27-14-6-13-25-28(26(19-38-29(25)27)30(40)21-8-2-1-3-9-21)22-10-5-12-24(18-22)39-32(43)37-16-15-20-7-4-11-23(17-20)31(41)42/h1-14,17-19H,15-16H2,(H,41,42)(H2,37,39,43). The van der Waals surface area contributed by atoms with Crippen molar-refractivity contribution in [3.05, 3.63) is 131 Å². The van der Waals surface area contributed by atoms with Crippen molar-refractivity contribution in [2.45, 2.75) is 12.6 Å². The summed E-state index contributed by atoms with van der Waals surface area (Å²) in [6.45, 7) is 0.222. The number of fused-ring (bicyclic) bond motifs is 1. The van der Waals surface area contributed by atoms with Gasteiger partial charge in [-0.25, -0.2) is 9.59 Å². The minimum Gasteiger partial charge on any atom is -0.478 e. The number of para-hydroxylation sites is 1. The number of nitrogens with zero attached hydrogens (tertiary/aromatic N) is 1. The summed E-state index contributed by atoms with van der Waals surface area (Å²) in [5, 5.41) is 14.7. The average molecular weight is 584 g/mol. The second kappa shape index (κ2) is 12.2. The lowest BCUT2D eigenvalue weighted by Gasteiger charge is -2.16. The summed E-state index contributed by atoms with van der Waals surface area (Å²) in [7, 11) is 0. The van der Waals surface area contributed by atoms with E-state index in [9.17, 15) is 27.6 Å². The molecular formula is C33H24F3N3O4. The maximum absolute atomic E-state index is 13.9. The van der Waals surface area contributed by atoms with Crippen molar-refractivity contribution < 1.29 is 32.7 Å². The van der Waals surface area contributed by atoms with E-state index in [0.717, 1.165) is 17.8 Å². The van der Waals surface area contributed by atoms with Gasteiger partial charge in [0, 0.05) is 40.5 Å². The molecule has 0 fully saturated rings. The first-order valence-electron chi connectivity index (χ1n) is 13.2. The molecule has 7 nitrogen and oxygen atoms in total. The van der Waals surface area contributed by atoms with Gasteiger partial charge in [0.2, 0.25) is 0 Å². The molecule has 0 aliphatic heterocycles. The Kier molecular flexibility index (Phi) is 8.20. The van der Waals surface area contributed by atoms with E-state index in [1.165, 1.54) is 24.3 Å². The average Bonchev–Trinajstić information content (AvgIpc) is 3.00. The zero-order valence-corrected chi connectivity index (χ0v) is 22.5. The van der Waals surface area contributed by atoms with E-state index in [4.69, 9.17) is 5.11 Å². The fourth-order valence-electron chi connectivity index (χ4n) is 4.79. The van der Waals surface area contributed by atoms with E-state index in [1.54, 1.807) is 66.7 Å². The predicted molar refractivity (Wildman–Crippen MR) is 156 cm³/mol. The van der Waals surface area contributed by atoms with Crippen LogP contribution in [0, 0.1) is 0 Å². The molecule has 1 aromatic heterocycles. The smallest absolute Gasteiger partial charge is 0.418 e. The Morgan fingerprint density at radius 1 is 0.814 bits per heavy atom. The number of rotatable bonds is 8. The maximum Gasteiger partial charge on any atom is 0.418 e. The summed E-state index contributed by atoms with van der Waals surface area (Å²) in [4.78, 5) is 41.4. The second-order valence-electron chi connectivity index (χ2n) is 9.66. The summed E-state index contributed by atoms with van der Waals surface area (Å²) >= 11 is 0. The number of aromatic carboxylic acids is 1. The van der Waals surface area contributed by atoms with E-state index in [1.807, 2.05) is 0 Å². The Morgan fingerprint density at radius 2 is 1.53 bits per heavy atom. The molecular weight excluding hydrogens is 559 g/mol. The van der Waals surface area contributed by atoms with E-state index >= 15 is 0 Å². The van der Waals surface area contributed by atoms with Crippen LogP contribution in [-0.4, -0.2) is 34.4 Å².